The minimum atomic E-state index is -3.08. The zero-order chi connectivity index (χ0) is 20.0. The molecule has 2 aromatic carbocycles. The van der Waals surface area contributed by atoms with Gasteiger partial charge in [-0.25, -0.2) is 4.39 Å². The lowest BCUT2D eigenvalue weighted by molar-refractivity contribution is -0.0512. The largest absolute Gasteiger partial charge is 0.493 e. The van der Waals surface area contributed by atoms with Gasteiger partial charge in [-0.15, -0.1) is 0 Å². The van der Waals surface area contributed by atoms with E-state index in [1.165, 1.54) is 37.4 Å². The highest BCUT2D eigenvalue weighted by molar-refractivity contribution is 5.95. The second-order valence-corrected chi connectivity index (χ2v) is 5.70. The van der Waals surface area contributed by atoms with Gasteiger partial charge in [-0.3, -0.25) is 4.79 Å². The van der Waals surface area contributed by atoms with Crippen LogP contribution in [0.5, 0.6) is 11.5 Å². The molecule has 0 saturated carbocycles. The molecule has 2 atom stereocenters. The fraction of sp³-hybridized carbons (Fsp3) is 0.316. The number of amides is 1. The predicted molar refractivity (Wildman–Crippen MR) is 92.5 cm³/mol. The van der Waals surface area contributed by atoms with Gasteiger partial charge in [0.15, 0.2) is 11.5 Å². The van der Waals surface area contributed by atoms with Crippen LogP contribution in [0, 0.1) is 5.82 Å². The van der Waals surface area contributed by atoms with E-state index in [4.69, 9.17) is 4.74 Å². The number of nitrogens with one attached hydrogen (secondary N) is 1. The molecule has 0 aliphatic carbocycles. The molecule has 1 amide bonds. The highest BCUT2D eigenvalue weighted by Gasteiger charge is 2.24. The Kier molecular flexibility index (Phi) is 7.06. The van der Waals surface area contributed by atoms with Crippen LogP contribution in [0.3, 0.4) is 0 Å². The van der Waals surface area contributed by atoms with Crippen LogP contribution < -0.4 is 14.8 Å². The molecule has 0 saturated heterocycles. The number of carbonyl (C=O) groups excluding carboxylic acids is 1. The molecule has 0 bridgehead atoms. The van der Waals surface area contributed by atoms with Crippen LogP contribution >= 0.6 is 0 Å². The van der Waals surface area contributed by atoms with Crippen molar-refractivity contribution in [1.29, 1.82) is 0 Å². The van der Waals surface area contributed by atoms with Crippen LogP contribution in [-0.2, 0) is 0 Å². The molecule has 2 N–H and O–H groups in total. The summed E-state index contributed by atoms with van der Waals surface area (Å²) in [6.07, 6.45) is -0.951. The van der Waals surface area contributed by atoms with E-state index in [1.807, 2.05) is 0 Å². The number of rotatable bonds is 8. The first kappa shape index (κ1) is 20.6. The Balaban J connectivity index is 2.20. The van der Waals surface area contributed by atoms with Gasteiger partial charge in [0.05, 0.1) is 13.2 Å². The first-order valence-electron chi connectivity index (χ1n) is 8.23. The Morgan fingerprint density at radius 3 is 2.48 bits per heavy atom. The average Bonchev–Trinajstić information content (AvgIpc) is 2.65. The minimum Gasteiger partial charge on any atom is -0.493 e. The van der Waals surface area contributed by atoms with E-state index >= 15 is 0 Å². The number of halogens is 3. The molecule has 0 fully saturated rings. The minimum absolute atomic E-state index is 0.0330. The number of alkyl halides is 2. The smallest absolute Gasteiger partial charge is 0.387 e. The molecule has 0 heterocycles. The van der Waals surface area contributed by atoms with E-state index in [-0.39, 0.29) is 22.6 Å². The van der Waals surface area contributed by atoms with Crippen molar-refractivity contribution in [3.8, 4) is 11.5 Å². The topological polar surface area (TPSA) is 67.8 Å². The molecule has 8 heteroatoms. The predicted octanol–water partition coefficient (Wildman–Crippen LogP) is 3.68. The second-order valence-electron chi connectivity index (χ2n) is 5.70. The Morgan fingerprint density at radius 2 is 1.89 bits per heavy atom. The molecule has 0 radical (unpaired) electrons. The quantitative estimate of drug-likeness (QED) is 0.730. The van der Waals surface area contributed by atoms with Crippen LogP contribution in [0.4, 0.5) is 13.2 Å². The van der Waals surface area contributed by atoms with Crippen molar-refractivity contribution in [1.82, 2.24) is 5.32 Å². The van der Waals surface area contributed by atoms with Gasteiger partial charge in [0.2, 0.25) is 0 Å². The molecular weight excluding hydrogens is 363 g/mol. The third-order valence-electron chi connectivity index (χ3n) is 4.00. The molecule has 2 aromatic rings. The van der Waals surface area contributed by atoms with Crippen molar-refractivity contribution >= 4 is 5.91 Å². The van der Waals surface area contributed by atoms with E-state index in [0.717, 1.165) is 6.07 Å². The van der Waals surface area contributed by atoms with E-state index in [1.54, 1.807) is 13.0 Å². The van der Waals surface area contributed by atoms with Gasteiger partial charge in [-0.1, -0.05) is 25.1 Å². The highest BCUT2D eigenvalue weighted by Crippen LogP contribution is 2.30. The third-order valence-corrected chi connectivity index (χ3v) is 4.00. The monoisotopic (exact) mass is 383 g/mol. The third kappa shape index (κ3) is 5.13. The number of hydrogen-bond acceptors (Lipinski definition) is 4. The molecular formula is C19H20F3NO4. The maximum absolute atomic E-state index is 13.9. The summed E-state index contributed by atoms with van der Waals surface area (Å²) < 4.78 is 48.2. The first-order chi connectivity index (χ1) is 12.9. The van der Waals surface area contributed by atoms with Crippen molar-refractivity contribution in [3.05, 3.63) is 59.4 Å². The standard InChI is InChI=1S/C19H20F3NO4/c1-3-14(17(24)12-6-4-5-7-13(12)20)23-18(25)11-8-9-15(26-2)16(10-11)27-19(21)22/h4-10,14,17,19,24H,3H2,1-2H3,(H,23,25)/t14-,17+/m0/s1. The van der Waals surface area contributed by atoms with Crippen molar-refractivity contribution in [3.63, 3.8) is 0 Å². The molecule has 5 nitrogen and oxygen atoms in total. The van der Waals surface area contributed by atoms with Crippen LogP contribution in [0.15, 0.2) is 42.5 Å². The lowest BCUT2D eigenvalue weighted by Gasteiger charge is -2.24. The number of methoxy groups -OCH3 is 1. The molecule has 0 aliphatic rings. The Bertz CT molecular complexity index is 785. The van der Waals surface area contributed by atoms with Gasteiger partial charge in [0.25, 0.3) is 5.91 Å². The number of hydrogen-bond donors (Lipinski definition) is 2. The molecule has 0 aliphatic heterocycles. The fourth-order valence-corrected chi connectivity index (χ4v) is 2.59. The Morgan fingerprint density at radius 1 is 1.19 bits per heavy atom. The number of aliphatic hydroxyl groups is 1. The van der Waals surface area contributed by atoms with E-state index < -0.39 is 30.5 Å². The van der Waals surface area contributed by atoms with Crippen molar-refractivity contribution < 1.29 is 32.5 Å². The zero-order valence-electron chi connectivity index (χ0n) is 14.8. The van der Waals surface area contributed by atoms with E-state index in [2.05, 4.69) is 10.1 Å². The summed E-state index contributed by atoms with van der Waals surface area (Å²) in [4.78, 5) is 12.5. The normalized spacial score (nSPS) is 13.1. The summed E-state index contributed by atoms with van der Waals surface area (Å²) in [5.41, 5.74) is 0.0896. The van der Waals surface area contributed by atoms with Crippen LogP contribution in [0.2, 0.25) is 0 Å². The van der Waals surface area contributed by atoms with Crippen LogP contribution in [0.25, 0.3) is 0 Å². The van der Waals surface area contributed by atoms with Crippen molar-refractivity contribution in [2.24, 2.45) is 0 Å². The summed E-state index contributed by atoms with van der Waals surface area (Å²) >= 11 is 0. The maximum Gasteiger partial charge on any atom is 0.387 e. The van der Waals surface area contributed by atoms with E-state index in [9.17, 15) is 23.1 Å². The summed E-state index contributed by atoms with van der Waals surface area (Å²) in [6, 6.07) is 8.73. The lowest BCUT2D eigenvalue weighted by Crippen LogP contribution is -2.39. The SMILES string of the molecule is CC[C@H](NC(=O)c1ccc(OC)c(OC(F)F)c1)[C@H](O)c1ccccc1F. The number of benzene rings is 2. The number of aliphatic hydroxyl groups excluding tert-OH is 1. The Hall–Kier alpha value is -2.74. The molecule has 146 valence electrons. The van der Waals surface area contributed by atoms with Crippen molar-refractivity contribution in [2.75, 3.05) is 7.11 Å². The molecule has 2 rings (SSSR count). The second kappa shape index (κ2) is 9.27. The Labute approximate surface area is 154 Å². The summed E-state index contributed by atoms with van der Waals surface area (Å²) in [7, 11) is 1.28. The summed E-state index contributed by atoms with van der Waals surface area (Å²) in [6.45, 7) is -1.36. The van der Waals surface area contributed by atoms with Gasteiger partial charge >= 0.3 is 6.61 Å². The molecule has 27 heavy (non-hydrogen) atoms. The average molecular weight is 383 g/mol. The van der Waals surface area contributed by atoms with Gasteiger partial charge in [-0.2, -0.15) is 8.78 Å². The number of ether oxygens (including phenoxy) is 2. The van der Waals surface area contributed by atoms with Gasteiger partial charge < -0.3 is 19.9 Å². The van der Waals surface area contributed by atoms with Gasteiger partial charge in [0.1, 0.15) is 11.9 Å². The summed E-state index contributed by atoms with van der Waals surface area (Å²) in [5.74, 6) is -1.46. The van der Waals surface area contributed by atoms with Crippen LogP contribution in [-0.4, -0.2) is 30.8 Å². The lowest BCUT2D eigenvalue weighted by atomic mass is 9.99. The molecule has 0 unspecified atom stereocenters. The van der Waals surface area contributed by atoms with Crippen LogP contribution in [0.1, 0.15) is 35.4 Å². The van der Waals surface area contributed by atoms with Gasteiger partial charge in [0, 0.05) is 11.1 Å². The molecule has 0 aromatic heterocycles. The molecule has 0 spiro atoms. The van der Waals surface area contributed by atoms with E-state index in [0.29, 0.717) is 6.42 Å². The highest BCUT2D eigenvalue weighted by atomic mass is 19.3. The number of carbonyl (C=O) groups is 1. The van der Waals surface area contributed by atoms with Crippen molar-refractivity contribution in [2.45, 2.75) is 32.1 Å². The zero-order valence-corrected chi connectivity index (χ0v) is 14.8. The fourth-order valence-electron chi connectivity index (χ4n) is 2.59. The first-order valence-corrected chi connectivity index (χ1v) is 8.23. The summed E-state index contributed by atoms with van der Waals surface area (Å²) in [5, 5.41) is 13.0. The maximum atomic E-state index is 13.9. The van der Waals surface area contributed by atoms with Gasteiger partial charge in [-0.05, 0) is 30.7 Å².